The van der Waals surface area contributed by atoms with Crippen LogP contribution in [0.15, 0.2) is 48.5 Å². The highest BCUT2D eigenvalue weighted by atomic mass is 35.5. The van der Waals surface area contributed by atoms with Crippen molar-refractivity contribution < 1.29 is 17.9 Å². The van der Waals surface area contributed by atoms with Crippen molar-refractivity contribution in [1.82, 2.24) is 4.98 Å². The Morgan fingerprint density at radius 1 is 1.10 bits per heavy atom. The summed E-state index contributed by atoms with van der Waals surface area (Å²) in [6, 6.07) is 12.3. The molecule has 1 atom stereocenters. The zero-order chi connectivity index (χ0) is 21.2. The first-order chi connectivity index (χ1) is 13.6. The monoisotopic (exact) mass is 439 g/mol. The van der Waals surface area contributed by atoms with E-state index in [9.17, 15) is 13.2 Å². The van der Waals surface area contributed by atoms with Gasteiger partial charge in [-0.2, -0.15) is 13.2 Å². The Kier molecular flexibility index (Phi) is 6.54. The number of halogens is 4. The molecule has 7 heteroatoms. The number of thiazole rings is 1. The van der Waals surface area contributed by atoms with E-state index in [2.05, 4.69) is 18.8 Å². The highest BCUT2D eigenvalue weighted by Gasteiger charge is 2.30. The van der Waals surface area contributed by atoms with Crippen molar-refractivity contribution in [2.75, 3.05) is 0 Å². The summed E-state index contributed by atoms with van der Waals surface area (Å²) in [7, 11) is 0. The van der Waals surface area contributed by atoms with Crippen LogP contribution in [0.3, 0.4) is 0 Å². The fraction of sp³-hybridized carbons (Fsp3) is 0.318. The number of hydrogen-bond acceptors (Lipinski definition) is 3. The third-order valence-corrected chi connectivity index (χ3v) is 5.88. The molecule has 2 nitrogen and oxygen atoms in total. The van der Waals surface area contributed by atoms with Gasteiger partial charge in [-0.3, -0.25) is 0 Å². The summed E-state index contributed by atoms with van der Waals surface area (Å²) in [5.41, 5.74) is 0.803. The molecular weight excluding hydrogens is 419 g/mol. The smallest absolute Gasteiger partial charge is 0.416 e. The van der Waals surface area contributed by atoms with Crippen molar-refractivity contribution >= 4 is 22.9 Å². The van der Waals surface area contributed by atoms with Gasteiger partial charge in [-0.15, -0.1) is 11.3 Å². The maximum atomic E-state index is 12.8. The van der Waals surface area contributed by atoms with Crippen LogP contribution in [-0.2, 0) is 6.18 Å². The first-order valence-electron chi connectivity index (χ1n) is 9.20. The molecule has 29 heavy (non-hydrogen) atoms. The molecule has 0 aliphatic carbocycles. The SMILES string of the molecule is Cc1nc(-c2ccc(C(F)(F)F)cc2)sc1C(CC(C)C)Oc1cccc(Cl)c1. The zero-order valence-electron chi connectivity index (χ0n) is 16.3. The molecule has 1 heterocycles. The molecule has 0 bridgehead atoms. The number of rotatable bonds is 6. The van der Waals surface area contributed by atoms with E-state index < -0.39 is 11.7 Å². The first-order valence-corrected chi connectivity index (χ1v) is 10.4. The molecule has 0 saturated carbocycles. The Morgan fingerprint density at radius 3 is 2.38 bits per heavy atom. The molecule has 0 spiro atoms. The average Bonchev–Trinajstić information content (AvgIpc) is 3.02. The van der Waals surface area contributed by atoms with E-state index in [0.29, 0.717) is 27.3 Å². The lowest BCUT2D eigenvalue weighted by Gasteiger charge is -2.20. The molecule has 1 aromatic heterocycles. The van der Waals surface area contributed by atoms with Crippen LogP contribution in [0.25, 0.3) is 10.6 Å². The van der Waals surface area contributed by atoms with Crippen LogP contribution < -0.4 is 4.74 Å². The Hall–Kier alpha value is -2.05. The molecule has 1 unspecified atom stereocenters. The maximum Gasteiger partial charge on any atom is 0.416 e. The number of hydrogen-bond donors (Lipinski definition) is 0. The number of nitrogens with zero attached hydrogens (tertiary/aromatic N) is 1. The second kappa shape index (κ2) is 8.76. The van der Waals surface area contributed by atoms with Gasteiger partial charge in [0.05, 0.1) is 16.1 Å². The van der Waals surface area contributed by atoms with Crippen LogP contribution in [0, 0.1) is 12.8 Å². The Bertz CT molecular complexity index is 967. The van der Waals surface area contributed by atoms with Crippen molar-refractivity contribution in [2.24, 2.45) is 5.92 Å². The lowest BCUT2D eigenvalue weighted by Crippen LogP contribution is -2.10. The Morgan fingerprint density at radius 2 is 1.79 bits per heavy atom. The fourth-order valence-corrected chi connectivity index (χ4v) is 4.27. The summed E-state index contributed by atoms with van der Waals surface area (Å²) >= 11 is 7.52. The van der Waals surface area contributed by atoms with Crippen molar-refractivity contribution in [2.45, 2.75) is 39.5 Å². The van der Waals surface area contributed by atoms with Gasteiger partial charge < -0.3 is 4.74 Å². The highest BCUT2D eigenvalue weighted by molar-refractivity contribution is 7.15. The Labute approximate surface area is 177 Å². The van der Waals surface area contributed by atoms with Gasteiger partial charge in [0.25, 0.3) is 0 Å². The molecule has 0 N–H and O–H groups in total. The molecule has 154 valence electrons. The summed E-state index contributed by atoms with van der Waals surface area (Å²) in [6.45, 7) is 6.12. The molecule has 2 aromatic carbocycles. The van der Waals surface area contributed by atoms with Gasteiger partial charge in [-0.05, 0) is 49.6 Å². The van der Waals surface area contributed by atoms with Gasteiger partial charge in [0.15, 0.2) is 0 Å². The molecule has 0 radical (unpaired) electrons. The van der Waals surface area contributed by atoms with Crippen molar-refractivity contribution in [1.29, 1.82) is 0 Å². The van der Waals surface area contributed by atoms with Crippen LogP contribution in [0.2, 0.25) is 5.02 Å². The molecule has 3 aromatic rings. The molecule has 0 fully saturated rings. The van der Waals surface area contributed by atoms with Gasteiger partial charge in [0, 0.05) is 10.6 Å². The van der Waals surface area contributed by atoms with E-state index >= 15 is 0 Å². The largest absolute Gasteiger partial charge is 0.485 e. The van der Waals surface area contributed by atoms with Gasteiger partial charge in [0.2, 0.25) is 0 Å². The lowest BCUT2D eigenvalue weighted by molar-refractivity contribution is -0.137. The fourth-order valence-electron chi connectivity index (χ4n) is 2.97. The van der Waals surface area contributed by atoms with Crippen LogP contribution in [0.4, 0.5) is 13.2 Å². The number of aryl methyl sites for hydroxylation is 1. The number of alkyl halides is 3. The van der Waals surface area contributed by atoms with Gasteiger partial charge in [-0.25, -0.2) is 4.98 Å². The average molecular weight is 440 g/mol. The number of aromatic nitrogens is 1. The standard InChI is InChI=1S/C22H21ClF3NOS/c1-13(2)11-19(28-18-6-4-5-17(23)12-18)20-14(3)27-21(29-20)15-7-9-16(10-8-15)22(24,25)26/h4-10,12-13,19H,11H2,1-3H3. The van der Waals surface area contributed by atoms with Crippen molar-refractivity contribution in [3.8, 4) is 16.3 Å². The molecule has 0 saturated heterocycles. The van der Waals surface area contributed by atoms with E-state index in [0.717, 1.165) is 29.1 Å². The van der Waals surface area contributed by atoms with E-state index in [1.54, 1.807) is 12.1 Å². The summed E-state index contributed by atoms with van der Waals surface area (Å²) in [5, 5.41) is 1.27. The van der Waals surface area contributed by atoms with Gasteiger partial charge in [-0.1, -0.05) is 43.6 Å². The molecule has 3 rings (SSSR count). The summed E-state index contributed by atoms with van der Waals surface area (Å²) in [6.07, 6.45) is -3.79. The zero-order valence-corrected chi connectivity index (χ0v) is 17.8. The topological polar surface area (TPSA) is 22.1 Å². The summed E-state index contributed by atoms with van der Waals surface area (Å²) in [4.78, 5) is 5.56. The Balaban J connectivity index is 1.90. The van der Waals surface area contributed by atoms with Crippen molar-refractivity contribution in [3.05, 3.63) is 69.7 Å². The summed E-state index contributed by atoms with van der Waals surface area (Å²) in [5.74, 6) is 1.06. The highest BCUT2D eigenvalue weighted by Crippen LogP contribution is 2.38. The normalized spacial score (nSPS) is 13.0. The summed E-state index contributed by atoms with van der Waals surface area (Å²) < 4.78 is 44.7. The minimum atomic E-state index is -4.35. The molecule has 0 amide bonds. The quantitative estimate of drug-likeness (QED) is 0.388. The van der Waals surface area contributed by atoms with E-state index in [-0.39, 0.29) is 6.10 Å². The minimum absolute atomic E-state index is 0.214. The van der Waals surface area contributed by atoms with Gasteiger partial charge >= 0.3 is 6.18 Å². The van der Waals surface area contributed by atoms with Gasteiger partial charge in [0.1, 0.15) is 16.9 Å². The number of benzene rings is 2. The third-order valence-electron chi connectivity index (χ3n) is 4.34. The van der Waals surface area contributed by atoms with E-state index in [1.807, 2.05) is 19.1 Å². The molecular formula is C22H21ClF3NOS. The van der Waals surface area contributed by atoms with Crippen molar-refractivity contribution in [3.63, 3.8) is 0 Å². The van der Waals surface area contributed by atoms with Crippen LogP contribution >= 0.6 is 22.9 Å². The molecule has 0 aliphatic heterocycles. The lowest BCUT2D eigenvalue weighted by atomic mass is 10.0. The van der Waals surface area contributed by atoms with E-state index in [1.165, 1.54) is 23.5 Å². The van der Waals surface area contributed by atoms with E-state index in [4.69, 9.17) is 16.3 Å². The predicted molar refractivity (Wildman–Crippen MR) is 112 cm³/mol. The van der Waals surface area contributed by atoms with Crippen LogP contribution in [0.5, 0.6) is 5.75 Å². The first kappa shape index (κ1) is 21.7. The predicted octanol–water partition coefficient (Wildman–Crippen LogP) is 7.96. The van der Waals surface area contributed by atoms with Crippen LogP contribution in [0.1, 0.15) is 42.5 Å². The second-order valence-electron chi connectivity index (χ2n) is 7.24. The second-order valence-corrected chi connectivity index (χ2v) is 8.70. The maximum absolute atomic E-state index is 12.8. The third kappa shape index (κ3) is 5.52. The van der Waals surface area contributed by atoms with Crippen LogP contribution in [-0.4, -0.2) is 4.98 Å². The minimum Gasteiger partial charge on any atom is -0.485 e. The molecule has 0 aliphatic rings. The number of ether oxygens (including phenoxy) is 1.